The topological polar surface area (TPSA) is 135 Å². The summed E-state index contributed by atoms with van der Waals surface area (Å²) >= 11 is 4.34. The maximum Gasteiger partial charge on any atom is 0.252 e. The third-order valence-electron chi connectivity index (χ3n) is 11.3. The van der Waals surface area contributed by atoms with Crippen molar-refractivity contribution in [3.05, 3.63) is 102 Å². The van der Waals surface area contributed by atoms with E-state index < -0.39 is 5.91 Å². The summed E-state index contributed by atoms with van der Waals surface area (Å²) < 4.78 is 11.5. The molecule has 0 saturated carbocycles. The van der Waals surface area contributed by atoms with Gasteiger partial charge in [-0.2, -0.15) is 5.48 Å². The van der Waals surface area contributed by atoms with Crippen LogP contribution in [0.3, 0.4) is 0 Å². The third-order valence-corrected chi connectivity index (χ3v) is 11.6. The van der Waals surface area contributed by atoms with Gasteiger partial charge in [0.05, 0.1) is 24.6 Å². The Kier molecular flexibility index (Phi) is 12.8. The van der Waals surface area contributed by atoms with Gasteiger partial charge in [-0.1, -0.05) is 38.1 Å². The number of thiol groups is 1. The number of amides is 1. The van der Waals surface area contributed by atoms with Gasteiger partial charge in [0.25, 0.3) is 5.91 Å². The smallest absolute Gasteiger partial charge is 0.252 e. The number of carbonyl (C=O) groups is 1. The monoisotopic (exact) mass is 778 g/mol. The van der Waals surface area contributed by atoms with E-state index in [0.29, 0.717) is 28.9 Å². The van der Waals surface area contributed by atoms with Crippen LogP contribution in [0.5, 0.6) is 11.5 Å². The quantitative estimate of drug-likeness (QED) is 0.0549. The Morgan fingerprint density at radius 1 is 1.04 bits per heavy atom. The highest BCUT2D eigenvalue weighted by Gasteiger charge is 2.33. The van der Waals surface area contributed by atoms with Crippen LogP contribution in [0.1, 0.15) is 61.0 Å². The fourth-order valence-electron chi connectivity index (χ4n) is 8.37. The number of aromatic nitrogens is 2. The predicted octanol–water partition coefficient (Wildman–Crippen LogP) is 7.03. The Morgan fingerprint density at radius 3 is 2.62 bits per heavy atom. The van der Waals surface area contributed by atoms with Gasteiger partial charge in [-0.15, -0.1) is 12.6 Å². The maximum absolute atomic E-state index is 12.1. The van der Waals surface area contributed by atoms with Crippen LogP contribution in [0.25, 0.3) is 11.0 Å². The molecule has 11 nitrogen and oxygen atoms in total. The van der Waals surface area contributed by atoms with E-state index in [1.165, 1.54) is 11.1 Å². The number of nitrogens with one attached hydrogen (secondary N) is 2. The average molecular weight is 779 g/mol. The first-order chi connectivity index (χ1) is 27.1. The van der Waals surface area contributed by atoms with Gasteiger partial charge < -0.3 is 30.4 Å². The number of nitrogens with two attached hydrogens (primary N) is 2. The normalized spacial score (nSPS) is 17.5. The number of anilines is 2. The number of piperidine rings is 1. The summed E-state index contributed by atoms with van der Waals surface area (Å²) in [5.41, 5.74) is 14.9. The number of quaternary nitrogens is 1. The van der Waals surface area contributed by atoms with Gasteiger partial charge in [0, 0.05) is 92.2 Å². The Bertz CT molecular complexity index is 2090. The minimum Gasteiger partial charge on any atom is -0.455 e. The van der Waals surface area contributed by atoms with E-state index in [1.807, 2.05) is 48.7 Å². The van der Waals surface area contributed by atoms with Crippen molar-refractivity contribution in [3.8, 4) is 11.5 Å². The number of benzene rings is 3. The first-order valence-corrected chi connectivity index (χ1v) is 20.2. The van der Waals surface area contributed by atoms with Crippen molar-refractivity contribution in [1.82, 2.24) is 14.9 Å². The molecule has 2 saturated heterocycles. The van der Waals surface area contributed by atoms with E-state index >= 15 is 0 Å². The van der Waals surface area contributed by atoms with Crippen LogP contribution >= 0.6 is 12.6 Å². The van der Waals surface area contributed by atoms with E-state index in [-0.39, 0.29) is 5.41 Å². The van der Waals surface area contributed by atoms with Crippen molar-refractivity contribution in [3.63, 3.8) is 0 Å². The Hall–Kier alpha value is -4.59. The van der Waals surface area contributed by atoms with Crippen molar-refractivity contribution in [1.29, 1.82) is 0 Å². The van der Waals surface area contributed by atoms with Crippen LogP contribution in [0.15, 0.2) is 90.1 Å². The number of hydrogen-bond donors (Lipinski definition) is 5. The van der Waals surface area contributed by atoms with Crippen molar-refractivity contribution < 1.29 is 24.6 Å². The molecule has 0 aliphatic carbocycles. The van der Waals surface area contributed by atoms with Crippen molar-refractivity contribution >= 4 is 46.6 Å². The molecule has 0 unspecified atom stereocenters. The summed E-state index contributed by atoms with van der Waals surface area (Å²) in [6.45, 7) is 12.7. The molecular formula is C44H56N7O4S+. The molecule has 3 aromatic carbocycles. The number of pyridine rings is 1. The van der Waals surface area contributed by atoms with Crippen LogP contribution in [-0.2, 0) is 21.5 Å². The highest BCUT2D eigenvalue weighted by Crippen LogP contribution is 2.36. The second-order valence-electron chi connectivity index (χ2n) is 15.9. The molecular weight excluding hydrogens is 723 g/mol. The van der Waals surface area contributed by atoms with E-state index in [0.717, 1.165) is 111 Å². The number of rotatable bonds is 11. The van der Waals surface area contributed by atoms with E-state index in [9.17, 15) is 4.79 Å². The molecule has 3 aliphatic heterocycles. The molecule has 0 bridgehead atoms. The number of H-pyrrole nitrogens is 1. The van der Waals surface area contributed by atoms with Gasteiger partial charge in [-0.05, 0) is 85.0 Å². The van der Waals surface area contributed by atoms with E-state index in [2.05, 4.69) is 75.8 Å². The fraction of sp³-hybridized carbons (Fsp3) is 0.409. The summed E-state index contributed by atoms with van der Waals surface area (Å²) in [5.74, 6) is 1.90. The van der Waals surface area contributed by atoms with Gasteiger partial charge in [0.15, 0.2) is 5.69 Å². The Labute approximate surface area is 335 Å². The van der Waals surface area contributed by atoms with Crippen LogP contribution in [0, 0.1) is 11.8 Å². The zero-order chi connectivity index (χ0) is 39.1. The van der Waals surface area contributed by atoms with Crippen molar-refractivity contribution in [2.75, 3.05) is 63.3 Å². The third kappa shape index (κ3) is 9.85. The summed E-state index contributed by atoms with van der Waals surface area (Å²) in [6.07, 6.45) is 8.05. The highest BCUT2D eigenvalue weighted by atomic mass is 32.1. The van der Waals surface area contributed by atoms with E-state index in [4.69, 9.17) is 20.0 Å². The second kappa shape index (κ2) is 18.1. The summed E-state index contributed by atoms with van der Waals surface area (Å²) in [4.78, 5) is 30.7. The molecule has 0 spiro atoms. The lowest BCUT2D eigenvalue weighted by atomic mass is 9.78. The van der Waals surface area contributed by atoms with Crippen LogP contribution in [0.2, 0.25) is 0 Å². The number of ether oxygens (including phenoxy) is 2. The Balaban J connectivity index is 0.000000224. The van der Waals surface area contributed by atoms with Crippen LogP contribution in [-0.4, -0.2) is 73.8 Å². The predicted molar refractivity (Wildman–Crippen MR) is 225 cm³/mol. The molecule has 8 rings (SSSR count). The van der Waals surface area contributed by atoms with E-state index in [1.54, 1.807) is 24.9 Å². The lowest BCUT2D eigenvalue weighted by molar-refractivity contribution is -0.829. The van der Waals surface area contributed by atoms with Crippen molar-refractivity contribution in [2.24, 2.45) is 17.6 Å². The first-order valence-electron chi connectivity index (χ1n) is 19.8. The molecule has 6 N–H and O–H groups in total. The number of aromatic amines is 1. The molecule has 0 atom stereocenters. The van der Waals surface area contributed by atoms with Gasteiger partial charge in [0.1, 0.15) is 17.1 Å². The van der Waals surface area contributed by atoms with Gasteiger partial charge >= 0.3 is 0 Å². The molecule has 56 heavy (non-hydrogen) atoms. The number of fused-ring (bicyclic) bond motifs is 2. The lowest BCUT2D eigenvalue weighted by Crippen LogP contribution is -2.76. The minimum atomic E-state index is -0.507. The Morgan fingerprint density at radius 2 is 1.84 bits per heavy atom. The second-order valence-corrected chi connectivity index (χ2v) is 16.5. The first kappa shape index (κ1) is 39.6. The highest BCUT2D eigenvalue weighted by molar-refractivity contribution is 7.80. The largest absolute Gasteiger partial charge is 0.455 e. The number of carbonyl (C=O) groups excluding carboxylic acids is 1. The SMILES string of the molecule is CC1(C)CN(CC2CCN(c3ccc(C(N)=O)c(Oc4cnc5[nH]ccc5c4)c3)CC2)Cc2ccccc21.CO[NH2+]c1cc(S)ccc1NCC1CCOCC1. The summed E-state index contributed by atoms with van der Waals surface area (Å²) in [6, 6.07) is 24.5. The zero-order valence-corrected chi connectivity index (χ0v) is 33.7. The minimum absolute atomic E-state index is 0.176. The summed E-state index contributed by atoms with van der Waals surface area (Å²) in [5, 5.41) is 4.44. The van der Waals surface area contributed by atoms with Crippen LogP contribution < -0.4 is 26.2 Å². The van der Waals surface area contributed by atoms with Crippen molar-refractivity contribution in [2.45, 2.75) is 56.4 Å². The van der Waals surface area contributed by atoms with Gasteiger partial charge in [-0.3, -0.25) is 9.69 Å². The molecule has 1 amide bonds. The fourth-order valence-corrected chi connectivity index (χ4v) is 8.58. The molecule has 2 fully saturated rings. The molecule has 5 heterocycles. The number of primary amides is 1. The molecule has 3 aliphatic rings. The molecule has 5 aromatic rings. The molecule has 2 aromatic heterocycles. The number of nitrogens with zero attached hydrogens (tertiary/aromatic N) is 3. The molecule has 12 heteroatoms. The van der Waals surface area contributed by atoms with Gasteiger partial charge in [-0.25, -0.2) is 9.82 Å². The standard InChI is InChI=1S/C31H35N5O2.C13H20N2O2S/c1-31(2)20-35(19-23-5-3-4-6-27(23)31)18-21-10-13-36(14-11-21)24-7-8-26(29(32)37)28(16-24)38-25-15-22-9-12-33-30(22)34-17-25;1-16-15-13-8-11(18)2-3-12(13)14-9-10-4-6-17-7-5-10/h3-9,12,15-17,21H,10-11,13-14,18-20H2,1-2H3,(H2,32,37)(H,33,34);2-3,8,10,14-15,18H,4-7,9H2,1H3/p+1. The molecule has 296 valence electrons. The number of hydrogen-bond acceptors (Lipinski definition) is 9. The van der Waals surface area contributed by atoms with Gasteiger partial charge in [0.2, 0.25) is 0 Å². The maximum atomic E-state index is 12.1. The lowest BCUT2D eigenvalue weighted by Gasteiger charge is -2.42. The molecule has 0 radical (unpaired) electrons. The summed E-state index contributed by atoms with van der Waals surface area (Å²) in [7, 11) is 1.66. The zero-order valence-electron chi connectivity index (χ0n) is 32.8. The van der Waals surface area contributed by atoms with Crippen LogP contribution in [0.4, 0.5) is 17.1 Å². The average Bonchev–Trinajstić information content (AvgIpc) is 3.67.